The van der Waals surface area contributed by atoms with Crippen molar-refractivity contribution in [3.8, 4) is 0 Å². The van der Waals surface area contributed by atoms with E-state index in [0.717, 1.165) is 44.7 Å². The Bertz CT molecular complexity index is 377. The normalized spacial score (nSPS) is 36.1. The molecule has 23 heavy (non-hydrogen) atoms. The Morgan fingerprint density at radius 2 is 1.83 bits per heavy atom. The maximum Gasteiger partial charge on any atom is 0.411 e. The summed E-state index contributed by atoms with van der Waals surface area (Å²) in [5, 5.41) is 3.64. The third kappa shape index (κ3) is 5.07. The maximum atomic E-state index is 12.4. The number of nitrogens with one attached hydrogen (secondary N) is 1. The highest BCUT2D eigenvalue weighted by atomic mass is 19.4. The second-order valence-corrected chi connectivity index (χ2v) is 7.47. The second kappa shape index (κ2) is 7.70. The van der Waals surface area contributed by atoms with Crippen LogP contribution in [-0.2, 0) is 4.74 Å². The Balaban J connectivity index is 1.43. The molecule has 1 aliphatic carbocycles. The Morgan fingerprint density at radius 3 is 2.65 bits per heavy atom. The van der Waals surface area contributed by atoms with Crippen LogP contribution in [0.3, 0.4) is 0 Å². The van der Waals surface area contributed by atoms with Crippen LogP contribution in [0.1, 0.15) is 51.4 Å². The molecule has 6 heteroatoms. The fourth-order valence-electron chi connectivity index (χ4n) is 4.56. The molecule has 0 aromatic heterocycles. The van der Waals surface area contributed by atoms with Gasteiger partial charge >= 0.3 is 6.18 Å². The number of rotatable bonds is 5. The molecule has 0 unspecified atom stereocenters. The van der Waals surface area contributed by atoms with Crippen molar-refractivity contribution in [2.24, 2.45) is 5.92 Å². The number of nitrogens with zero attached hydrogens (tertiary/aromatic N) is 1. The number of hydrogen-bond acceptors (Lipinski definition) is 3. The van der Waals surface area contributed by atoms with Gasteiger partial charge in [-0.1, -0.05) is 12.8 Å². The van der Waals surface area contributed by atoms with Gasteiger partial charge in [-0.3, -0.25) is 0 Å². The summed E-state index contributed by atoms with van der Waals surface area (Å²) in [5.74, 6) is 0.229. The van der Waals surface area contributed by atoms with Crippen LogP contribution < -0.4 is 5.32 Å². The van der Waals surface area contributed by atoms with E-state index in [1.54, 1.807) is 0 Å². The minimum atomic E-state index is -4.22. The predicted molar refractivity (Wildman–Crippen MR) is 83.4 cm³/mol. The molecular formula is C17H29F3N2O. The van der Waals surface area contributed by atoms with Gasteiger partial charge in [0.05, 0.1) is 6.10 Å². The number of piperidine rings is 1. The van der Waals surface area contributed by atoms with E-state index in [9.17, 15) is 13.2 Å². The molecule has 3 rings (SSSR count). The number of alkyl halides is 3. The first-order valence-corrected chi connectivity index (χ1v) is 9.17. The molecule has 2 saturated heterocycles. The largest absolute Gasteiger partial charge is 0.411 e. The Hall–Kier alpha value is -0.330. The van der Waals surface area contributed by atoms with Gasteiger partial charge < -0.3 is 15.0 Å². The fourth-order valence-corrected chi connectivity index (χ4v) is 4.56. The van der Waals surface area contributed by atoms with Crippen LogP contribution >= 0.6 is 0 Å². The van der Waals surface area contributed by atoms with Gasteiger partial charge in [-0.15, -0.1) is 0 Å². The smallest absolute Gasteiger partial charge is 0.368 e. The fraction of sp³-hybridized carbons (Fsp3) is 1.00. The Labute approximate surface area is 136 Å². The lowest BCUT2D eigenvalue weighted by molar-refractivity contribution is -0.193. The van der Waals surface area contributed by atoms with E-state index in [1.165, 1.54) is 32.4 Å². The molecule has 0 aromatic carbocycles. The topological polar surface area (TPSA) is 24.5 Å². The van der Waals surface area contributed by atoms with Crippen molar-refractivity contribution < 1.29 is 17.9 Å². The molecule has 4 atom stereocenters. The zero-order chi connectivity index (χ0) is 16.3. The SMILES string of the molecule is FC(F)(F)CO[C@@H]1CCCC[C@H]1CN[C@@H]1CCN2CCC[C@@H]2C1. The number of halogens is 3. The van der Waals surface area contributed by atoms with Crippen molar-refractivity contribution in [1.82, 2.24) is 10.2 Å². The molecule has 0 spiro atoms. The summed E-state index contributed by atoms with van der Waals surface area (Å²) in [6, 6.07) is 1.25. The van der Waals surface area contributed by atoms with Crippen LogP contribution in [-0.4, -0.2) is 55.5 Å². The molecule has 3 fully saturated rings. The van der Waals surface area contributed by atoms with E-state index in [-0.39, 0.29) is 12.0 Å². The first-order valence-electron chi connectivity index (χ1n) is 9.17. The zero-order valence-corrected chi connectivity index (χ0v) is 13.8. The molecule has 0 aromatic rings. The summed E-state index contributed by atoms with van der Waals surface area (Å²) < 4.78 is 42.4. The average molecular weight is 334 g/mol. The molecule has 0 bridgehead atoms. The zero-order valence-electron chi connectivity index (χ0n) is 13.8. The summed E-state index contributed by atoms with van der Waals surface area (Å²) in [6.45, 7) is 2.11. The molecule has 134 valence electrons. The highest BCUT2D eigenvalue weighted by Crippen LogP contribution is 2.30. The summed E-state index contributed by atoms with van der Waals surface area (Å²) in [6.07, 6.45) is 4.37. The van der Waals surface area contributed by atoms with Gasteiger partial charge in [0.25, 0.3) is 0 Å². The summed E-state index contributed by atoms with van der Waals surface area (Å²) >= 11 is 0. The molecule has 3 nitrogen and oxygen atoms in total. The third-order valence-corrected chi connectivity index (χ3v) is 5.79. The Kier molecular flexibility index (Phi) is 5.86. The van der Waals surface area contributed by atoms with Crippen molar-refractivity contribution in [2.75, 3.05) is 26.2 Å². The summed E-state index contributed by atoms with van der Waals surface area (Å²) in [7, 11) is 0. The maximum absolute atomic E-state index is 12.4. The van der Waals surface area contributed by atoms with Gasteiger partial charge in [0.2, 0.25) is 0 Å². The van der Waals surface area contributed by atoms with Crippen LogP contribution in [0.15, 0.2) is 0 Å². The number of hydrogen-bond donors (Lipinski definition) is 1. The minimum absolute atomic E-state index is 0.229. The number of fused-ring (bicyclic) bond motifs is 1. The molecule has 2 aliphatic heterocycles. The van der Waals surface area contributed by atoms with Crippen molar-refractivity contribution in [3.63, 3.8) is 0 Å². The van der Waals surface area contributed by atoms with E-state index in [1.807, 2.05) is 0 Å². The van der Waals surface area contributed by atoms with E-state index >= 15 is 0 Å². The minimum Gasteiger partial charge on any atom is -0.368 e. The van der Waals surface area contributed by atoms with Gasteiger partial charge in [-0.05, 0) is 57.5 Å². The lowest BCUT2D eigenvalue weighted by Crippen LogP contribution is -2.48. The Morgan fingerprint density at radius 1 is 1.00 bits per heavy atom. The molecule has 0 amide bonds. The van der Waals surface area contributed by atoms with E-state index < -0.39 is 12.8 Å². The van der Waals surface area contributed by atoms with Gasteiger partial charge in [0.1, 0.15) is 6.61 Å². The van der Waals surface area contributed by atoms with Crippen molar-refractivity contribution in [3.05, 3.63) is 0 Å². The number of ether oxygens (including phenoxy) is 1. The van der Waals surface area contributed by atoms with Gasteiger partial charge in [0, 0.05) is 18.6 Å². The van der Waals surface area contributed by atoms with Crippen molar-refractivity contribution in [2.45, 2.75) is 75.7 Å². The molecule has 1 saturated carbocycles. The van der Waals surface area contributed by atoms with Crippen LogP contribution in [0.2, 0.25) is 0 Å². The molecule has 2 heterocycles. The van der Waals surface area contributed by atoms with Crippen LogP contribution in [0.4, 0.5) is 13.2 Å². The van der Waals surface area contributed by atoms with E-state index in [4.69, 9.17) is 4.74 Å². The summed E-state index contributed by atoms with van der Waals surface area (Å²) in [5.41, 5.74) is 0. The predicted octanol–water partition coefficient (Wildman–Crippen LogP) is 3.34. The lowest BCUT2D eigenvalue weighted by atomic mass is 9.85. The monoisotopic (exact) mass is 334 g/mol. The standard InChI is InChI=1S/C17H29F3N2O/c18-17(19,20)12-23-16-6-2-1-4-13(16)11-21-14-7-9-22-8-3-5-15(22)10-14/h13-16,21H,1-12H2/t13-,14+,15+,16+/m0/s1. The summed E-state index contributed by atoms with van der Waals surface area (Å²) in [4.78, 5) is 2.59. The molecule has 1 N–H and O–H groups in total. The van der Waals surface area contributed by atoms with Crippen LogP contribution in [0, 0.1) is 5.92 Å². The first kappa shape index (κ1) is 17.5. The van der Waals surface area contributed by atoms with Crippen molar-refractivity contribution >= 4 is 0 Å². The quantitative estimate of drug-likeness (QED) is 0.834. The third-order valence-electron chi connectivity index (χ3n) is 5.79. The van der Waals surface area contributed by atoms with Crippen LogP contribution in [0.25, 0.3) is 0 Å². The van der Waals surface area contributed by atoms with Gasteiger partial charge in [0.15, 0.2) is 0 Å². The van der Waals surface area contributed by atoms with Crippen molar-refractivity contribution in [1.29, 1.82) is 0 Å². The highest BCUT2D eigenvalue weighted by molar-refractivity contribution is 4.90. The highest BCUT2D eigenvalue weighted by Gasteiger charge is 2.34. The van der Waals surface area contributed by atoms with Gasteiger partial charge in [-0.25, -0.2) is 0 Å². The van der Waals surface area contributed by atoms with Crippen LogP contribution in [0.5, 0.6) is 0 Å². The van der Waals surface area contributed by atoms with E-state index in [0.29, 0.717) is 6.04 Å². The average Bonchev–Trinajstić information content (AvgIpc) is 2.98. The molecule has 0 radical (unpaired) electrons. The second-order valence-electron chi connectivity index (χ2n) is 7.47. The van der Waals surface area contributed by atoms with Gasteiger partial charge in [-0.2, -0.15) is 13.2 Å². The molecular weight excluding hydrogens is 305 g/mol. The first-order chi connectivity index (χ1) is 11.0. The molecule has 3 aliphatic rings. The van der Waals surface area contributed by atoms with E-state index in [2.05, 4.69) is 10.2 Å². The lowest BCUT2D eigenvalue weighted by Gasteiger charge is -2.37.